The van der Waals surface area contributed by atoms with Crippen molar-refractivity contribution in [2.45, 2.75) is 19.3 Å². The van der Waals surface area contributed by atoms with E-state index in [-0.39, 0.29) is 12.5 Å². The highest BCUT2D eigenvalue weighted by Crippen LogP contribution is 2.23. The van der Waals surface area contributed by atoms with E-state index in [0.29, 0.717) is 0 Å². The van der Waals surface area contributed by atoms with Crippen LogP contribution in [0.5, 0.6) is 0 Å². The summed E-state index contributed by atoms with van der Waals surface area (Å²) in [4.78, 5) is 0. The Kier molecular flexibility index (Phi) is 3.94. The predicted molar refractivity (Wildman–Crippen MR) is 58.7 cm³/mol. The molecule has 1 N–H and O–H groups in total. The third kappa shape index (κ3) is 2.55. The molecule has 1 radical (unpaired) electrons. The average Bonchev–Trinajstić information content (AvgIpc) is 2.16. The summed E-state index contributed by atoms with van der Waals surface area (Å²) >= 11 is 3.41. The Bertz CT molecular complexity index is 283. The molecule has 1 aromatic rings. The lowest BCUT2D eigenvalue weighted by Crippen LogP contribution is -2.03. The van der Waals surface area contributed by atoms with E-state index in [2.05, 4.69) is 35.8 Å². The highest BCUT2D eigenvalue weighted by molar-refractivity contribution is 9.10. The Morgan fingerprint density at radius 2 is 2.23 bits per heavy atom. The second-order valence-corrected chi connectivity index (χ2v) is 3.99. The van der Waals surface area contributed by atoms with Crippen molar-refractivity contribution in [3.63, 3.8) is 0 Å². The molecule has 0 bridgehead atoms. The number of aliphatic hydroxyl groups excluding tert-OH is 1. The summed E-state index contributed by atoms with van der Waals surface area (Å²) in [6.07, 6.45) is 0.981. The van der Waals surface area contributed by atoms with E-state index in [4.69, 9.17) is 5.11 Å². The third-order valence-corrected chi connectivity index (χ3v) is 2.64. The van der Waals surface area contributed by atoms with Crippen LogP contribution in [0.4, 0.5) is 0 Å². The van der Waals surface area contributed by atoms with Gasteiger partial charge in [0.25, 0.3) is 0 Å². The average molecular weight is 242 g/mol. The highest BCUT2D eigenvalue weighted by atomic mass is 79.9. The van der Waals surface area contributed by atoms with E-state index >= 15 is 0 Å². The molecule has 0 aliphatic heterocycles. The van der Waals surface area contributed by atoms with Crippen molar-refractivity contribution < 1.29 is 5.11 Å². The first-order valence-electron chi connectivity index (χ1n) is 4.41. The fourth-order valence-electron chi connectivity index (χ4n) is 1.37. The van der Waals surface area contributed by atoms with Gasteiger partial charge in [0.2, 0.25) is 0 Å². The maximum atomic E-state index is 9.02. The van der Waals surface area contributed by atoms with Gasteiger partial charge in [0, 0.05) is 17.0 Å². The lowest BCUT2D eigenvalue weighted by molar-refractivity contribution is 0.282. The number of benzene rings is 1. The maximum absolute atomic E-state index is 9.02. The molecule has 0 amide bonds. The molecular formula is C11H14BrO. The van der Waals surface area contributed by atoms with Gasteiger partial charge in [0.05, 0.1) is 0 Å². The molecule has 0 saturated carbocycles. The number of hydrogen-bond donors (Lipinski definition) is 1. The molecule has 13 heavy (non-hydrogen) atoms. The van der Waals surface area contributed by atoms with Crippen LogP contribution in [0, 0.1) is 6.92 Å². The Morgan fingerprint density at radius 3 is 2.77 bits per heavy atom. The van der Waals surface area contributed by atoms with E-state index in [1.807, 2.05) is 12.1 Å². The Morgan fingerprint density at radius 1 is 1.54 bits per heavy atom. The first-order chi connectivity index (χ1) is 6.19. The Balaban J connectivity index is 3.07. The summed E-state index contributed by atoms with van der Waals surface area (Å²) in [6.45, 7) is 6.11. The molecule has 1 rings (SSSR count). The second kappa shape index (κ2) is 4.77. The zero-order valence-corrected chi connectivity index (χ0v) is 9.34. The standard InChI is InChI=1S/C11H14BrO/c1-3-9-4-5-10(12)6-11(9)8(2)7-13/h4-6,8,13H,2-3,7H2,1H3. The van der Waals surface area contributed by atoms with Crippen molar-refractivity contribution in [3.05, 3.63) is 40.7 Å². The van der Waals surface area contributed by atoms with Crippen molar-refractivity contribution in [3.8, 4) is 0 Å². The van der Waals surface area contributed by atoms with Crippen LogP contribution in [-0.4, -0.2) is 11.7 Å². The molecule has 0 saturated heterocycles. The molecule has 0 aromatic heterocycles. The Labute approximate surface area is 87.9 Å². The van der Waals surface area contributed by atoms with E-state index < -0.39 is 0 Å². The molecule has 0 aliphatic rings. The first-order valence-corrected chi connectivity index (χ1v) is 5.20. The fraction of sp³-hybridized carbons (Fsp3) is 0.364. The Hall–Kier alpha value is -0.340. The van der Waals surface area contributed by atoms with Gasteiger partial charge in [0.15, 0.2) is 0 Å². The highest BCUT2D eigenvalue weighted by Gasteiger charge is 2.08. The number of hydrogen-bond acceptors (Lipinski definition) is 1. The van der Waals surface area contributed by atoms with Gasteiger partial charge >= 0.3 is 0 Å². The van der Waals surface area contributed by atoms with Crippen LogP contribution in [0.1, 0.15) is 24.0 Å². The first kappa shape index (κ1) is 10.7. The van der Waals surface area contributed by atoms with E-state index in [9.17, 15) is 0 Å². The summed E-state index contributed by atoms with van der Waals surface area (Å²) in [6, 6.07) is 6.13. The van der Waals surface area contributed by atoms with E-state index in [1.54, 1.807) is 0 Å². The minimum absolute atomic E-state index is 0.0209. The smallest absolute Gasteiger partial charge is 0.0499 e. The topological polar surface area (TPSA) is 20.2 Å². The van der Waals surface area contributed by atoms with Crippen LogP contribution in [0.3, 0.4) is 0 Å². The molecule has 71 valence electrons. The van der Waals surface area contributed by atoms with Gasteiger partial charge in [-0.1, -0.05) is 28.9 Å². The van der Waals surface area contributed by atoms with Gasteiger partial charge in [0.1, 0.15) is 0 Å². The predicted octanol–water partition coefficient (Wildman–Crippen LogP) is 2.92. The van der Waals surface area contributed by atoms with Crippen molar-refractivity contribution in [2.24, 2.45) is 0 Å². The summed E-state index contributed by atoms with van der Waals surface area (Å²) in [7, 11) is 0. The van der Waals surface area contributed by atoms with Crippen LogP contribution in [0.2, 0.25) is 0 Å². The fourth-order valence-corrected chi connectivity index (χ4v) is 1.74. The molecule has 0 aliphatic carbocycles. The van der Waals surface area contributed by atoms with Crippen molar-refractivity contribution in [2.75, 3.05) is 6.61 Å². The summed E-state index contributed by atoms with van der Waals surface area (Å²) < 4.78 is 1.04. The third-order valence-electron chi connectivity index (χ3n) is 2.15. The lowest BCUT2D eigenvalue weighted by Gasteiger charge is -2.13. The molecule has 0 spiro atoms. The minimum atomic E-state index is -0.0209. The van der Waals surface area contributed by atoms with Crippen LogP contribution >= 0.6 is 15.9 Å². The normalized spacial score (nSPS) is 12.9. The van der Waals surface area contributed by atoms with Crippen molar-refractivity contribution in [1.82, 2.24) is 0 Å². The van der Waals surface area contributed by atoms with Crippen LogP contribution in [0.15, 0.2) is 22.7 Å². The summed E-state index contributed by atoms with van der Waals surface area (Å²) in [5, 5.41) is 9.02. The zero-order valence-electron chi connectivity index (χ0n) is 7.76. The van der Waals surface area contributed by atoms with Gasteiger partial charge in [-0.25, -0.2) is 0 Å². The SMILES string of the molecule is [CH2]C(CO)c1cc(Br)ccc1CC. The van der Waals surface area contributed by atoms with E-state index in [1.165, 1.54) is 5.56 Å². The van der Waals surface area contributed by atoms with Crippen LogP contribution in [-0.2, 0) is 6.42 Å². The molecule has 0 heterocycles. The zero-order chi connectivity index (χ0) is 9.84. The van der Waals surface area contributed by atoms with Gasteiger partial charge < -0.3 is 5.11 Å². The quantitative estimate of drug-likeness (QED) is 0.863. The van der Waals surface area contributed by atoms with Gasteiger partial charge in [-0.3, -0.25) is 0 Å². The second-order valence-electron chi connectivity index (χ2n) is 3.08. The molecule has 0 fully saturated rings. The maximum Gasteiger partial charge on any atom is 0.0499 e. The molecule has 1 unspecified atom stereocenters. The largest absolute Gasteiger partial charge is 0.396 e. The van der Waals surface area contributed by atoms with Crippen molar-refractivity contribution in [1.29, 1.82) is 0 Å². The summed E-state index contributed by atoms with van der Waals surface area (Å²) in [5.41, 5.74) is 2.40. The number of rotatable bonds is 3. The minimum Gasteiger partial charge on any atom is -0.396 e. The molecular weight excluding hydrogens is 228 g/mol. The molecule has 1 nitrogen and oxygen atoms in total. The van der Waals surface area contributed by atoms with Crippen LogP contribution < -0.4 is 0 Å². The van der Waals surface area contributed by atoms with Gasteiger partial charge in [-0.2, -0.15) is 0 Å². The van der Waals surface area contributed by atoms with Gasteiger partial charge in [-0.15, -0.1) is 0 Å². The van der Waals surface area contributed by atoms with Crippen LogP contribution in [0.25, 0.3) is 0 Å². The number of aryl methyl sites for hydroxylation is 1. The molecule has 1 aromatic carbocycles. The molecule has 2 heteroatoms. The van der Waals surface area contributed by atoms with Gasteiger partial charge in [-0.05, 0) is 36.6 Å². The number of halogens is 1. The monoisotopic (exact) mass is 241 g/mol. The molecule has 1 atom stereocenters. The number of aliphatic hydroxyl groups is 1. The van der Waals surface area contributed by atoms with Crippen molar-refractivity contribution >= 4 is 15.9 Å². The lowest BCUT2D eigenvalue weighted by atomic mass is 9.95. The summed E-state index contributed by atoms with van der Waals surface area (Å²) in [5.74, 6) is -0.0209. The van der Waals surface area contributed by atoms with E-state index in [0.717, 1.165) is 16.5 Å².